The van der Waals surface area contributed by atoms with Crippen LogP contribution in [-0.2, 0) is 11.2 Å². The quantitative estimate of drug-likeness (QED) is 0.921. The molecule has 1 saturated heterocycles. The van der Waals surface area contributed by atoms with E-state index in [1.54, 1.807) is 0 Å². The van der Waals surface area contributed by atoms with Crippen molar-refractivity contribution in [1.29, 1.82) is 0 Å². The van der Waals surface area contributed by atoms with Crippen LogP contribution in [0.4, 0.5) is 10.5 Å². The summed E-state index contributed by atoms with van der Waals surface area (Å²) in [6.45, 7) is 2.21. The average Bonchev–Trinajstić information content (AvgIpc) is 2.59. The minimum atomic E-state index is -0.0421. The molecule has 1 atom stereocenters. The Morgan fingerprint density at radius 2 is 2.04 bits per heavy atom. The van der Waals surface area contributed by atoms with Crippen molar-refractivity contribution in [1.82, 2.24) is 4.90 Å². The largest absolute Gasteiger partial charge is 0.491 e. The van der Waals surface area contributed by atoms with Gasteiger partial charge in [0.05, 0.1) is 24.5 Å². The van der Waals surface area contributed by atoms with Gasteiger partial charge in [-0.25, -0.2) is 4.79 Å². The molecule has 1 saturated carbocycles. The van der Waals surface area contributed by atoms with Gasteiger partial charge in [-0.15, -0.1) is 0 Å². The lowest BCUT2D eigenvalue weighted by atomic mass is 9.95. The molecule has 2 aliphatic heterocycles. The average molecular weight is 330 g/mol. The summed E-state index contributed by atoms with van der Waals surface area (Å²) in [7, 11) is 0. The van der Waals surface area contributed by atoms with E-state index in [0.717, 1.165) is 50.3 Å². The first kappa shape index (κ1) is 15.8. The Bertz CT molecular complexity index is 600. The number of urea groups is 1. The summed E-state index contributed by atoms with van der Waals surface area (Å²) in [5.41, 5.74) is 1.98. The molecular weight excluding hydrogens is 304 g/mol. The summed E-state index contributed by atoms with van der Waals surface area (Å²) in [6.07, 6.45) is 8.37. The highest BCUT2D eigenvalue weighted by Gasteiger charge is 2.29. The number of ether oxygens (including phenoxy) is 2. The zero-order chi connectivity index (χ0) is 16.4. The first-order chi connectivity index (χ1) is 11.8. The van der Waals surface area contributed by atoms with Gasteiger partial charge in [0.25, 0.3) is 0 Å². The number of nitrogens with zero attached hydrogens (tertiary/aromatic N) is 1. The maximum absolute atomic E-state index is 12.7. The van der Waals surface area contributed by atoms with Gasteiger partial charge in [-0.3, -0.25) is 0 Å². The molecule has 1 aromatic rings. The SMILES string of the molecule is O=C(Nc1cccc2c1OCCC2)N1CCCC(OC2CCC2)C1. The van der Waals surface area contributed by atoms with Crippen molar-refractivity contribution in [3.63, 3.8) is 0 Å². The number of amides is 2. The molecule has 1 N–H and O–H groups in total. The summed E-state index contributed by atoms with van der Waals surface area (Å²) in [5.74, 6) is 0.844. The van der Waals surface area contributed by atoms with Crippen LogP contribution in [0.5, 0.6) is 5.75 Å². The number of anilines is 1. The van der Waals surface area contributed by atoms with Crippen LogP contribution < -0.4 is 10.1 Å². The summed E-state index contributed by atoms with van der Waals surface area (Å²) in [4.78, 5) is 14.6. The van der Waals surface area contributed by atoms with Crippen LogP contribution in [-0.4, -0.2) is 42.8 Å². The van der Waals surface area contributed by atoms with Gasteiger partial charge in [-0.05, 0) is 56.6 Å². The molecule has 0 bridgehead atoms. The summed E-state index contributed by atoms with van der Waals surface area (Å²) < 4.78 is 11.9. The van der Waals surface area contributed by atoms with Gasteiger partial charge in [0.1, 0.15) is 5.75 Å². The van der Waals surface area contributed by atoms with E-state index in [4.69, 9.17) is 9.47 Å². The van der Waals surface area contributed by atoms with E-state index >= 15 is 0 Å². The number of para-hydroxylation sites is 1. The minimum absolute atomic E-state index is 0.0421. The van der Waals surface area contributed by atoms with Crippen LogP contribution in [0.3, 0.4) is 0 Å². The number of hydrogen-bond donors (Lipinski definition) is 1. The zero-order valence-corrected chi connectivity index (χ0v) is 14.1. The number of fused-ring (bicyclic) bond motifs is 1. The molecule has 0 aromatic heterocycles. The van der Waals surface area contributed by atoms with Gasteiger partial charge < -0.3 is 19.7 Å². The second-order valence-electron chi connectivity index (χ2n) is 7.08. The predicted octanol–water partition coefficient (Wildman–Crippen LogP) is 3.58. The summed E-state index contributed by atoms with van der Waals surface area (Å²) in [6, 6.07) is 5.95. The zero-order valence-electron chi connectivity index (χ0n) is 14.1. The smallest absolute Gasteiger partial charge is 0.322 e. The third-order valence-electron chi connectivity index (χ3n) is 5.28. The highest BCUT2D eigenvalue weighted by atomic mass is 16.5. The first-order valence-corrected chi connectivity index (χ1v) is 9.25. The van der Waals surface area contributed by atoms with Crippen LogP contribution in [0.25, 0.3) is 0 Å². The highest BCUT2D eigenvalue weighted by molar-refractivity contribution is 5.91. The summed E-state index contributed by atoms with van der Waals surface area (Å²) in [5, 5.41) is 3.05. The van der Waals surface area contributed by atoms with E-state index in [2.05, 4.69) is 11.4 Å². The molecule has 24 heavy (non-hydrogen) atoms. The summed E-state index contributed by atoms with van der Waals surface area (Å²) >= 11 is 0. The predicted molar refractivity (Wildman–Crippen MR) is 92.6 cm³/mol. The van der Waals surface area contributed by atoms with Crippen molar-refractivity contribution in [2.45, 2.75) is 57.2 Å². The normalized spacial score (nSPS) is 23.8. The third kappa shape index (κ3) is 3.36. The number of benzene rings is 1. The van der Waals surface area contributed by atoms with Crippen LogP contribution in [0.2, 0.25) is 0 Å². The van der Waals surface area contributed by atoms with E-state index in [1.807, 2.05) is 17.0 Å². The van der Waals surface area contributed by atoms with E-state index in [1.165, 1.54) is 24.8 Å². The Kier molecular flexibility index (Phi) is 4.60. The topological polar surface area (TPSA) is 50.8 Å². The fourth-order valence-electron chi connectivity index (χ4n) is 3.69. The Balaban J connectivity index is 1.38. The number of piperidine rings is 1. The Hall–Kier alpha value is -1.75. The van der Waals surface area contributed by atoms with E-state index < -0.39 is 0 Å². The molecule has 5 heteroatoms. The van der Waals surface area contributed by atoms with Gasteiger partial charge in [0.2, 0.25) is 0 Å². The van der Waals surface area contributed by atoms with Crippen molar-refractivity contribution < 1.29 is 14.3 Å². The van der Waals surface area contributed by atoms with Gasteiger partial charge in [-0.1, -0.05) is 12.1 Å². The van der Waals surface area contributed by atoms with Crippen LogP contribution in [0.15, 0.2) is 18.2 Å². The minimum Gasteiger partial charge on any atom is -0.491 e. The molecule has 5 nitrogen and oxygen atoms in total. The molecule has 1 unspecified atom stereocenters. The van der Waals surface area contributed by atoms with Crippen molar-refractivity contribution >= 4 is 11.7 Å². The number of carbonyl (C=O) groups excluding carboxylic acids is 1. The Morgan fingerprint density at radius 3 is 2.88 bits per heavy atom. The number of hydrogen-bond acceptors (Lipinski definition) is 3. The van der Waals surface area contributed by atoms with E-state index in [9.17, 15) is 4.79 Å². The molecule has 130 valence electrons. The number of rotatable bonds is 3. The number of nitrogens with one attached hydrogen (secondary N) is 1. The van der Waals surface area contributed by atoms with Gasteiger partial charge in [-0.2, -0.15) is 0 Å². The molecule has 0 spiro atoms. The number of aryl methyl sites for hydroxylation is 1. The molecule has 2 amide bonds. The van der Waals surface area contributed by atoms with Crippen LogP contribution in [0.1, 0.15) is 44.1 Å². The lowest BCUT2D eigenvalue weighted by Crippen LogP contribution is -2.46. The fraction of sp³-hybridized carbons (Fsp3) is 0.632. The van der Waals surface area contributed by atoms with Crippen LogP contribution in [0, 0.1) is 0 Å². The molecule has 1 aromatic carbocycles. The molecular formula is C19H26N2O3. The number of likely N-dealkylation sites (tertiary alicyclic amines) is 1. The fourth-order valence-corrected chi connectivity index (χ4v) is 3.69. The van der Waals surface area contributed by atoms with E-state index in [-0.39, 0.29) is 12.1 Å². The maximum atomic E-state index is 12.7. The number of carbonyl (C=O) groups is 1. The molecule has 2 heterocycles. The molecule has 3 aliphatic rings. The van der Waals surface area contributed by atoms with Crippen molar-refractivity contribution in [2.24, 2.45) is 0 Å². The Morgan fingerprint density at radius 1 is 1.17 bits per heavy atom. The second-order valence-corrected chi connectivity index (χ2v) is 7.08. The lowest BCUT2D eigenvalue weighted by Gasteiger charge is -2.37. The third-order valence-corrected chi connectivity index (χ3v) is 5.28. The Labute approximate surface area is 143 Å². The van der Waals surface area contributed by atoms with Crippen molar-refractivity contribution in [3.8, 4) is 5.75 Å². The lowest BCUT2D eigenvalue weighted by molar-refractivity contribution is -0.0714. The molecule has 0 radical (unpaired) electrons. The van der Waals surface area contributed by atoms with Crippen molar-refractivity contribution in [3.05, 3.63) is 23.8 Å². The standard InChI is InChI=1S/C19H26N2O3/c22-19(20-17-10-1-5-14-6-4-12-23-18(14)17)21-11-3-9-16(13-21)24-15-7-2-8-15/h1,5,10,15-16H,2-4,6-9,11-13H2,(H,20,22). The second kappa shape index (κ2) is 7.01. The first-order valence-electron chi connectivity index (χ1n) is 9.25. The van der Waals surface area contributed by atoms with Gasteiger partial charge >= 0.3 is 6.03 Å². The molecule has 2 fully saturated rings. The van der Waals surface area contributed by atoms with Gasteiger partial charge in [0, 0.05) is 13.1 Å². The van der Waals surface area contributed by atoms with Crippen molar-refractivity contribution in [2.75, 3.05) is 25.0 Å². The monoisotopic (exact) mass is 330 g/mol. The van der Waals surface area contributed by atoms with E-state index in [0.29, 0.717) is 12.6 Å². The molecule has 1 aliphatic carbocycles. The highest BCUT2D eigenvalue weighted by Crippen LogP contribution is 2.33. The van der Waals surface area contributed by atoms with Gasteiger partial charge in [0.15, 0.2) is 0 Å². The maximum Gasteiger partial charge on any atom is 0.322 e. The van der Waals surface area contributed by atoms with Crippen LogP contribution >= 0.6 is 0 Å². The molecule has 4 rings (SSSR count).